The van der Waals surface area contributed by atoms with Gasteiger partial charge in [0, 0.05) is 5.03 Å². The number of halogens is 1. The van der Waals surface area contributed by atoms with Crippen LogP contribution in [0.3, 0.4) is 0 Å². The molecule has 0 aromatic heterocycles. The Labute approximate surface area is 135 Å². The van der Waals surface area contributed by atoms with Gasteiger partial charge >= 0.3 is 0 Å². The average Bonchev–Trinajstić information content (AvgIpc) is 2.53. The molecule has 4 rings (SSSR count). The number of benzene rings is 4. The number of aryl methyl sites for hydroxylation is 1. The first kappa shape index (κ1) is 13.6. The summed E-state index contributed by atoms with van der Waals surface area (Å²) in [7, 11) is 0. The quantitative estimate of drug-likeness (QED) is 0.370. The van der Waals surface area contributed by atoms with Crippen LogP contribution in [0.2, 0.25) is 0 Å². The highest BCUT2D eigenvalue weighted by molar-refractivity contribution is 6.29. The predicted octanol–water partition coefficient (Wildman–Crippen LogP) is 6.66. The molecule has 0 radical (unpaired) electrons. The van der Waals surface area contributed by atoms with Crippen LogP contribution in [0.15, 0.2) is 66.2 Å². The Kier molecular flexibility index (Phi) is 3.28. The van der Waals surface area contributed by atoms with Crippen LogP contribution in [0.4, 0.5) is 0 Å². The molecule has 0 saturated heterocycles. The Bertz CT molecular complexity index is 965. The summed E-state index contributed by atoms with van der Waals surface area (Å²) in [4.78, 5) is 0. The van der Waals surface area contributed by atoms with E-state index in [4.69, 9.17) is 11.6 Å². The molecule has 0 atom stereocenters. The lowest BCUT2D eigenvalue weighted by molar-refractivity contribution is 0.841. The minimum atomic E-state index is 0.748. The van der Waals surface area contributed by atoms with E-state index < -0.39 is 0 Å². The van der Waals surface area contributed by atoms with Gasteiger partial charge < -0.3 is 0 Å². The summed E-state index contributed by atoms with van der Waals surface area (Å²) in [6, 6.07) is 20.0. The van der Waals surface area contributed by atoms with Crippen LogP contribution in [0.25, 0.3) is 32.3 Å². The van der Waals surface area contributed by atoms with Crippen molar-refractivity contribution in [1.29, 1.82) is 0 Å². The van der Waals surface area contributed by atoms with Crippen molar-refractivity contribution >= 4 is 43.9 Å². The molecule has 0 aliphatic rings. The highest BCUT2D eigenvalue weighted by atomic mass is 35.5. The van der Waals surface area contributed by atoms with Crippen LogP contribution in [0, 0.1) is 0 Å². The zero-order valence-electron chi connectivity index (χ0n) is 12.4. The summed E-state index contributed by atoms with van der Waals surface area (Å²) in [6.07, 6.45) is 2.97. The van der Waals surface area contributed by atoms with Crippen molar-refractivity contribution in [2.45, 2.75) is 19.3 Å². The van der Waals surface area contributed by atoms with Crippen LogP contribution in [-0.2, 0) is 6.42 Å². The molecular formula is C21H17Cl. The van der Waals surface area contributed by atoms with E-state index in [0.717, 1.165) is 24.3 Å². The van der Waals surface area contributed by atoms with Gasteiger partial charge in [0.05, 0.1) is 0 Å². The minimum Gasteiger partial charge on any atom is -0.0898 e. The standard InChI is InChI=1S/C21H17Cl/c1-14(22)4-2-5-15-8-9-18-11-10-16-6-3-7-17-12-13-19(15)21(18)20(16)17/h3,6-13H,1-2,4-5H2. The van der Waals surface area contributed by atoms with Crippen molar-refractivity contribution in [3.63, 3.8) is 0 Å². The van der Waals surface area contributed by atoms with Crippen LogP contribution in [0.5, 0.6) is 0 Å². The van der Waals surface area contributed by atoms with Crippen LogP contribution in [-0.4, -0.2) is 0 Å². The first-order valence-electron chi connectivity index (χ1n) is 7.73. The number of hydrogen-bond acceptors (Lipinski definition) is 0. The van der Waals surface area contributed by atoms with Gasteiger partial charge in [0.15, 0.2) is 0 Å². The molecule has 0 unspecified atom stereocenters. The summed E-state index contributed by atoms with van der Waals surface area (Å²) < 4.78 is 0. The fraction of sp³-hybridized carbons (Fsp3) is 0.143. The molecule has 4 aromatic rings. The predicted molar refractivity (Wildman–Crippen MR) is 98.1 cm³/mol. The van der Waals surface area contributed by atoms with E-state index in [1.165, 1.54) is 37.9 Å². The number of rotatable bonds is 4. The fourth-order valence-electron chi connectivity index (χ4n) is 3.48. The monoisotopic (exact) mass is 304 g/mol. The zero-order chi connectivity index (χ0) is 15.1. The molecular weight excluding hydrogens is 288 g/mol. The molecule has 0 spiro atoms. The Balaban J connectivity index is 1.94. The normalized spacial score (nSPS) is 11.7. The molecule has 0 nitrogen and oxygen atoms in total. The summed E-state index contributed by atoms with van der Waals surface area (Å²) >= 11 is 5.89. The molecule has 108 valence electrons. The van der Waals surface area contributed by atoms with Crippen molar-refractivity contribution in [2.24, 2.45) is 0 Å². The van der Waals surface area contributed by atoms with Gasteiger partial charge in [-0.1, -0.05) is 72.8 Å². The summed E-state index contributed by atoms with van der Waals surface area (Å²) in [5.41, 5.74) is 1.41. The third kappa shape index (κ3) is 2.15. The minimum absolute atomic E-state index is 0.748. The summed E-state index contributed by atoms with van der Waals surface area (Å²) in [5, 5.41) is 8.88. The van der Waals surface area contributed by atoms with E-state index >= 15 is 0 Å². The van der Waals surface area contributed by atoms with E-state index in [-0.39, 0.29) is 0 Å². The molecule has 0 aliphatic heterocycles. The van der Waals surface area contributed by atoms with Crippen molar-refractivity contribution in [3.8, 4) is 0 Å². The largest absolute Gasteiger partial charge is 0.0898 e. The zero-order valence-corrected chi connectivity index (χ0v) is 13.2. The lowest BCUT2D eigenvalue weighted by atomic mass is 9.90. The maximum absolute atomic E-state index is 5.89. The van der Waals surface area contributed by atoms with Gasteiger partial charge in [-0.3, -0.25) is 0 Å². The van der Waals surface area contributed by atoms with Gasteiger partial charge in [-0.05, 0) is 57.1 Å². The second-order valence-corrected chi connectivity index (χ2v) is 6.49. The molecule has 0 N–H and O–H groups in total. The number of hydrogen-bond donors (Lipinski definition) is 0. The number of allylic oxidation sites excluding steroid dienone is 1. The van der Waals surface area contributed by atoms with Gasteiger partial charge in [-0.15, -0.1) is 0 Å². The van der Waals surface area contributed by atoms with Crippen molar-refractivity contribution < 1.29 is 0 Å². The van der Waals surface area contributed by atoms with Crippen LogP contribution >= 0.6 is 11.6 Å². The lowest BCUT2D eigenvalue weighted by Crippen LogP contribution is -1.91. The van der Waals surface area contributed by atoms with Crippen molar-refractivity contribution in [2.75, 3.05) is 0 Å². The van der Waals surface area contributed by atoms with Gasteiger partial charge in [0.2, 0.25) is 0 Å². The van der Waals surface area contributed by atoms with E-state index in [2.05, 4.69) is 61.2 Å². The Hall–Kier alpha value is -2.05. The molecule has 4 aromatic carbocycles. The smallest absolute Gasteiger partial charge is 0.0109 e. The third-order valence-electron chi connectivity index (χ3n) is 4.51. The molecule has 0 saturated carbocycles. The molecule has 1 heteroatoms. The highest BCUT2D eigenvalue weighted by Crippen LogP contribution is 2.36. The SMILES string of the molecule is C=C(Cl)CCCc1ccc2ccc3cccc4ccc1c2c34. The molecule has 0 amide bonds. The second kappa shape index (κ2) is 5.30. The molecule has 0 aliphatic carbocycles. The Morgan fingerprint density at radius 2 is 1.45 bits per heavy atom. The summed E-state index contributed by atoms with van der Waals surface area (Å²) in [5.74, 6) is 0. The summed E-state index contributed by atoms with van der Waals surface area (Å²) in [6.45, 7) is 3.78. The van der Waals surface area contributed by atoms with Gasteiger partial charge in [-0.2, -0.15) is 0 Å². The van der Waals surface area contributed by atoms with Crippen LogP contribution < -0.4 is 0 Å². The lowest BCUT2D eigenvalue weighted by Gasteiger charge is -2.13. The maximum atomic E-state index is 5.89. The van der Waals surface area contributed by atoms with Crippen LogP contribution in [0.1, 0.15) is 18.4 Å². The second-order valence-electron chi connectivity index (χ2n) is 5.95. The highest BCUT2D eigenvalue weighted by Gasteiger charge is 2.10. The molecule has 22 heavy (non-hydrogen) atoms. The van der Waals surface area contributed by atoms with Gasteiger partial charge in [0.25, 0.3) is 0 Å². The molecule has 0 heterocycles. The first-order valence-corrected chi connectivity index (χ1v) is 8.10. The fourth-order valence-corrected chi connectivity index (χ4v) is 3.62. The maximum Gasteiger partial charge on any atom is 0.0109 e. The van der Waals surface area contributed by atoms with E-state index in [1.807, 2.05) is 0 Å². The van der Waals surface area contributed by atoms with Crippen molar-refractivity contribution in [1.82, 2.24) is 0 Å². The first-order chi connectivity index (χ1) is 10.7. The van der Waals surface area contributed by atoms with Crippen molar-refractivity contribution in [3.05, 3.63) is 71.8 Å². The Morgan fingerprint density at radius 3 is 2.18 bits per heavy atom. The molecule has 0 fully saturated rings. The van der Waals surface area contributed by atoms with E-state index in [1.54, 1.807) is 0 Å². The molecule has 0 bridgehead atoms. The Morgan fingerprint density at radius 1 is 0.818 bits per heavy atom. The average molecular weight is 305 g/mol. The van der Waals surface area contributed by atoms with Gasteiger partial charge in [0.1, 0.15) is 0 Å². The topological polar surface area (TPSA) is 0 Å². The van der Waals surface area contributed by atoms with Gasteiger partial charge in [-0.25, -0.2) is 0 Å². The van der Waals surface area contributed by atoms with E-state index in [0.29, 0.717) is 0 Å². The van der Waals surface area contributed by atoms with E-state index in [9.17, 15) is 0 Å². The third-order valence-corrected chi connectivity index (χ3v) is 4.70.